The Morgan fingerprint density at radius 1 is 1.18 bits per heavy atom. The summed E-state index contributed by atoms with van der Waals surface area (Å²) in [6.45, 7) is 3.43. The Hall–Kier alpha value is -3.71. The average Bonchev–Trinajstić information content (AvgIpc) is 3.48. The van der Waals surface area contributed by atoms with Crippen LogP contribution in [0, 0.1) is 0 Å². The number of benzene rings is 1. The summed E-state index contributed by atoms with van der Waals surface area (Å²) in [5.41, 5.74) is 4.60. The molecular formula is C26H26N4O3. The van der Waals surface area contributed by atoms with Gasteiger partial charge < -0.3 is 19.4 Å². The standard InChI is InChI=1S/C26H26N4O3/c1-17(31)30-12-10-18(15-30)26-25(9-6-20(28-26)16-32-2)33-21-7-8-22-19(13-21)14-24(29-22)23-5-3-4-11-27-23/h3-9,11,13-14,18,29H,10,12,15-16H2,1-2H3. The summed E-state index contributed by atoms with van der Waals surface area (Å²) in [5.74, 6) is 1.67. The number of methoxy groups -OCH3 is 1. The summed E-state index contributed by atoms with van der Waals surface area (Å²) in [6, 6.07) is 17.8. The number of fused-ring (bicyclic) bond motifs is 1. The number of rotatable bonds is 6. The van der Waals surface area contributed by atoms with Gasteiger partial charge in [0.25, 0.3) is 0 Å². The minimum atomic E-state index is 0.0923. The van der Waals surface area contributed by atoms with Crippen LogP contribution in [0.1, 0.15) is 30.7 Å². The van der Waals surface area contributed by atoms with E-state index in [1.165, 1.54) is 0 Å². The van der Waals surface area contributed by atoms with E-state index in [-0.39, 0.29) is 11.8 Å². The van der Waals surface area contributed by atoms with Gasteiger partial charge in [0.1, 0.15) is 11.5 Å². The number of nitrogens with zero attached hydrogens (tertiary/aromatic N) is 3. The van der Waals surface area contributed by atoms with Gasteiger partial charge in [0.2, 0.25) is 5.91 Å². The number of hydrogen-bond donors (Lipinski definition) is 1. The predicted octanol–water partition coefficient (Wildman–Crippen LogP) is 4.90. The summed E-state index contributed by atoms with van der Waals surface area (Å²) >= 11 is 0. The third-order valence-electron chi connectivity index (χ3n) is 6.02. The normalized spacial score (nSPS) is 15.8. The highest BCUT2D eigenvalue weighted by Crippen LogP contribution is 2.36. The highest BCUT2D eigenvalue weighted by atomic mass is 16.5. The van der Waals surface area contributed by atoms with Crippen molar-refractivity contribution in [3.8, 4) is 22.9 Å². The van der Waals surface area contributed by atoms with Crippen molar-refractivity contribution in [3.05, 3.63) is 72.2 Å². The first-order valence-corrected chi connectivity index (χ1v) is 11.1. The van der Waals surface area contributed by atoms with Crippen LogP contribution in [-0.2, 0) is 16.1 Å². The molecule has 1 atom stereocenters. The number of nitrogens with one attached hydrogen (secondary N) is 1. The third-order valence-corrected chi connectivity index (χ3v) is 6.02. The number of H-pyrrole nitrogens is 1. The Morgan fingerprint density at radius 3 is 2.85 bits per heavy atom. The molecule has 7 nitrogen and oxygen atoms in total. The third kappa shape index (κ3) is 4.45. The van der Waals surface area contributed by atoms with Gasteiger partial charge in [-0.15, -0.1) is 0 Å². The Bertz CT molecular complexity index is 1290. The number of aromatic amines is 1. The first-order valence-electron chi connectivity index (χ1n) is 11.1. The maximum atomic E-state index is 11.8. The summed E-state index contributed by atoms with van der Waals surface area (Å²) in [5, 5.41) is 1.04. The second kappa shape index (κ2) is 9.03. The van der Waals surface area contributed by atoms with Crippen LogP contribution < -0.4 is 4.74 Å². The van der Waals surface area contributed by atoms with Gasteiger partial charge in [0, 0.05) is 50.1 Å². The first kappa shape index (κ1) is 21.2. The molecule has 33 heavy (non-hydrogen) atoms. The number of hydrogen-bond acceptors (Lipinski definition) is 5. The van der Waals surface area contributed by atoms with Gasteiger partial charge >= 0.3 is 0 Å². The lowest BCUT2D eigenvalue weighted by atomic mass is 10.0. The molecule has 0 radical (unpaired) electrons. The smallest absolute Gasteiger partial charge is 0.219 e. The van der Waals surface area contributed by atoms with E-state index in [2.05, 4.69) is 16.0 Å². The number of likely N-dealkylation sites (tertiary alicyclic amines) is 1. The minimum absolute atomic E-state index is 0.0923. The second-order valence-corrected chi connectivity index (χ2v) is 8.32. The van der Waals surface area contributed by atoms with Crippen LogP contribution in [-0.4, -0.2) is 46.0 Å². The van der Waals surface area contributed by atoms with E-state index in [9.17, 15) is 4.79 Å². The molecule has 1 aromatic carbocycles. The van der Waals surface area contributed by atoms with E-state index >= 15 is 0 Å². The molecule has 0 spiro atoms. The lowest BCUT2D eigenvalue weighted by Gasteiger charge is -2.17. The van der Waals surface area contributed by atoms with Gasteiger partial charge in [-0.05, 0) is 55.0 Å². The molecule has 1 fully saturated rings. The van der Waals surface area contributed by atoms with Crippen LogP contribution in [0.4, 0.5) is 0 Å². The van der Waals surface area contributed by atoms with Gasteiger partial charge in [-0.3, -0.25) is 14.8 Å². The van der Waals surface area contributed by atoms with Crippen molar-refractivity contribution in [2.45, 2.75) is 25.9 Å². The van der Waals surface area contributed by atoms with E-state index in [1.54, 1.807) is 20.2 Å². The molecule has 0 aliphatic carbocycles. The molecule has 3 aromatic heterocycles. The molecule has 4 heterocycles. The molecule has 0 bridgehead atoms. The lowest BCUT2D eigenvalue weighted by Crippen LogP contribution is -2.25. The van der Waals surface area contributed by atoms with E-state index in [1.807, 2.05) is 53.4 Å². The second-order valence-electron chi connectivity index (χ2n) is 8.32. The van der Waals surface area contributed by atoms with Crippen LogP contribution >= 0.6 is 0 Å². The molecule has 7 heteroatoms. The fraction of sp³-hybridized carbons (Fsp3) is 0.269. The fourth-order valence-corrected chi connectivity index (χ4v) is 4.34. The van der Waals surface area contributed by atoms with E-state index < -0.39 is 0 Å². The molecular weight excluding hydrogens is 416 g/mol. The number of ether oxygens (including phenoxy) is 2. The fourth-order valence-electron chi connectivity index (χ4n) is 4.34. The molecule has 1 unspecified atom stereocenters. The van der Waals surface area contributed by atoms with E-state index in [0.29, 0.717) is 18.9 Å². The first-order chi connectivity index (χ1) is 16.1. The molecule has 1 aliphatic heterocycles. The lowest BCUT2D eigenvalue weighted by molar-refractivity contribution is -0.127. The Balaban J connectivity index is 1.45. The van der Waals surface area contributed by atoms with Gasteiger partial charge in [-0.1, -0.05) is 6.07 Å². The van der Waals surface area contributed by atoms with Crippen LogP contribution in [0.3, 0.4) is 0 Å². The molecule has 4 aromatic rings. The summed E-state index contributed by atoms with van der Waals surface area (Å²) in [4.78, 5) is 26.4. The summed E-state index contributed by atoms with van der Waals surface area (Å²) in [6.07, 6.45) is 2.65. The number of pyridine rings is 2. The highest BCUT2D eigenvalue weighted by Gasteiger charge is 2.29. The molecule has 1 amide bonds. The van der Waals surface area contributed by atoms with E-state index in [4.69, 9.17) is 14.5 Å². The van der Waals surface area contributed by atoms with Crippen molar-refractivity contribution in [3.63, 3.8) is 0 Å². The topological polar surface area (TPSA) is 80.3 Å². The zero-order valence-corrected chi connectivity index (χ0v) is 18.7. The zero-order valence-electron chi connectivity index (χ0n) is 18.7. The maximum absolute atomic E-state index is 11.8. The maximum Gasteiger partial charge on any atom is 0.219 e. The highest BCUT2D eigenvalue weighted by molar-refractivity contribution is 5.86. The number of carbonyl (C=O) groups is 1. The molecule has 1 aliphatic rings. The zero-order chi connectivity index (χ0) is 22.8. The quantitative estimate of drug-likeness (QED) is 0.459. The molecule has 168 valence electrons. The summed E-state index contributed by atoms with van der Waals surface area (Å²) < 4.78 is 11.6. The van der Waals surface area contributed by atoms with Gasteiger partial charge in [-0.25, -0.2) is 0 Å². The average molecular weight is 443 g/mol. The monoisotopic (exact) mass is 442 g/mol. The van der Waals surface area contributed by atoms with Crippen LogP contribution in [0.25, 0.3) is 22.3 Å². The number of amides is 1. The Labute approximate surface area is 192 Å². The van der Waals surface area contributed by atoms with Crippen molar-refractivity contribution in [2.75, 3.05) is 20.2 Å². The van der Waals surface area contributed by atoms with Crippen molar-refractivity contribution < 1.29 is 14.3 Å². The SMILES string of the molecule is COCc1ccc(Oc2ccc3[nH]c(-c4ccccn4)cc3c2)c(C2CCN(C(C)=O)C2)n1. The van der Waals surface area contributed by atoms with Crippen molar-refractivity contribution >= 4 is 16.8 Å². The van der Waals surface area contributed by atoms with E-state index in [0.717, 1.165) is 52.4 Å². The molecule has 5 rings (SSSR count). The van der Waals surface area contributed by atoms with Crippen LogP contribution in [0.5, 0.6) is 11.5 Å². The summed E-state index contributed by atoms with van der Waals surface area (Å²) in [7, 11) is 1.66. The van der Waals surface area contributed by atoms with Crippen LogP contribution in [0.15, 0.2) is 60.8 Å². The number of aromatic nitrogens is 3. The minimum Gasteiger partial charge on any atom is -0.455 e. The molecule has 1 saturated heterocycles. The van der Waals surface area contributed by atoms with Crippen molar-refractivity contribution in [1.82, 2.24) is 19.9 Å². The largest absolute Gasteiger partial charge is 0.455 e. The predicted molar refractivity (Wildman–Crippen MR) is 126 cm³/mol. The molecule has 1 N–H and O–H groups in total. The molecule has 0 saturated carbocycles. The van der Waals surface area contributed by atoms with Crippen LogP contribution in [0.2, 0.25) is 0 Å². The van der Waals surface area contributed by atoms with Crippen molar-refractivity contribution in [2.24, 2.45) is 0 Å². The Morgan fingerprint density at radius 2 is 2.09 bits per heavy atom. The van der Waals surface area contributed by atoms with Crippen molar-refractivity contribution in [1.29, 1.82) is 0 Å². The number of carbonyl (C=O) groups excluding carboxylic acids is 1. The Kier molecular flexibility index (Phi) is 5.79. The van der Waals surface area contributed by atoms with Gasteiger partial charge in [0.05, 0.1) is 29.4 Å². The van der Waals surface area contributed by atoms with Gasteiger partial charge in [0.15, 0.2) is 0 Å². The van der Waals surface area contributed by atoms with Gasteiger partial charge in [-0.2, -0.15) is 0 Å².